The first-order chi connectivity index (χ1) is 9.75. The van der Waals surface area contributed by atoms with Crippen LogP contribution in [0.25, 0.3) is 38.5 Å². The van der Waals surface area contributed by atoms with Crippen molar-refractivity contribution >= 4 is 38.5 Å². The first-order valence-corrected chi connectivity index (χ1v) is 6.78. The second kappa shape index (κ2) is 3.12. The molecule has 0 bridgehead atoms. The number of hydrogen-bond donors (Lipinski definition) is 0. The van der Waals surface area contributed by atoms with Crippen molar-refractivity contribution in [3.8, 4) is 0 Å². The summed E-state index contributed by atoms with van der Waals surface area (Å²) in [5.41, 5.74) is 6.88. The van der Waals surface area contributed by atoms with E-state index in [1.807, 2.05) is 0 Å². The lowest BCUT2D eigenvalue weighted by atomic mass is 10.0. The maximum absolute atomic E-state index is 5.99. The molecule has 0 saturated heterocycles. The quantitative estimate of drug-likeness (QED) is 0.308. The van der Waals surface area contributed by atoms with Gasteiger partial charge in [0.1, 0.15) is 23.7 Å². The Morgan fingerprint density at radius 2 is 1.95 bits per heavy atom. The molecule has 0 saturated carbocycles. The van der Waals surface area contributed by atoms with Crippen LogP contribution in [-0.2, 0) is 7.05 Å². The molecule has 0 atom stereocenters. The number of benzene rings is 1. The molecule has 0 aliphatic rings. The zero-order valence-corrected chi connectivity index (χ0v) is 11.3. The second-order valence-electron chi connectivity index (χ2n) is 5.48. The molecule has 0 amide bonds. The van der Waals surface area contributed by atoms with Gasteiger partial charge in [-0.3, -0.25) is 0 Å². The molecule has 0 radical (unpaired) electrons. The molecule has 0 aliphatic heterocycles. The summed E-state index contributed by atoms with van der Waals surface area (Å²) in [5, 5.41) is 2.53. The highest BCUT2D eigenvalue weighted by molar-refractivity contribution is 6.21. The summed E-state index contributed by atoms with van der Waals surface area (Å²) < 4.78 is 10.4. The van der Waals surface area contributed by atoms with Gasteiger partial charge in [-0.25, -0.2) is 0 Å². The number of pyridine rings is 2. The average Bonchev–Trinajstić information content (AvgIpc) is 3.00. The van der Waals surface area contributed by atoms with Crippen LogP contribution in [0.1, 0.15) is 5.56 Å². The molecular formula is C17H13N2O+. The lowest BCUT2D eigenvalue weighted by molar-refractivity contribution is -0.644. The van der Waals surface area contributed by atoms with E-state index in [0.29, 0.717) is 0 Å². The van der Waals surface area contributed by atoms with Gasteiger partial charge in [-0.2, -0.15) is 4.57 Å². The maximum Gasteiger partial charge on any atom is 0.237 e. The fraction of sp³-hybridized carbons (Fsp3) is 0.118. The fourth-order valence-electron chi connectivity index (χ4n) is 3.47. The first-order valence-electron chi connectivity index (χ1n) is 6.78. The zero-order chi connectivity index (χ0) is 13.4. The van der Waals surface area contributed by atoms with E-state index >= 15 is 0 Å². The second-order valence-corrected chi connectivity index (χ2v) is 5.48. The third kappa shape index (κ3) is 0.977. The minimum absolute atomic E-state index is 0.962. The van der Waals surface area contributed by atoms with E-state index in [1.54, 1.807) is 0 Å². The molecular weight excluding hydrogens is 248 g/mol. The van der Waals surface area contributed by atoms with Crippen LogP contribution in [0.5, 0.6) is 0 Å². The van der Waals surface area contributed by atoms with Gasteiger partial charge >= 0.3 is 0 Å². The van der Waals surface area contributed by atoms with Gasteiger partial charge in [0.2, 0.25) is 5.52 Å². The summed E-state index contributed by atoms with van der Waals surface area (Å²) in [4.78, 5) is 0. The summed E-state index contributed by atoms with van der Waals surface area (Å²) in [6.45, 7) is 2.17. The molecule has 3 nitrogen and oxygen atoms in total. The van der Waals surface area contributed by atoms with Crippen LogP contribution in [0.15, 0.2) is 47.1 Å². The van der Waals surface area contributed by atoms with Gasteiger partial charge in [0.25, 0.3) is 0 Å². The van der Waals surface area contributed by atoms with Crippen molar-refractivity contribution < 1.29 is 8.98 Å². The smallest absolute Gasteiger partial charge is 0.237 e. The van der Waals surface area contributed by atoms with Crippen molar-refractivity contribution in [1.29, 1.82) is 0 Å². The lowest BCUT2D eigenvalue weighted by Crippen LogP contribution is -2.28. The normalized spacial score (nSPS) is 12.5. The van der Waals surface area contributed by atoms with Crippen LogP contribution in [-0.4, -0.2) is 4.40 Å². The Bertz CT molecular complexity index is 1110. The highest BCUT2D eigenvalue weighted by Gasteiger charge is 2.22. The van der Waals surface area contributed by atoms with Gasteiger partial charge in [0, 0.05) is 12.3 Å². The first kappa shape index (κ1) is 10.3. The average molecular weight is 261 g/mol. The Kier molecular flexibility index (Phi) is 1.60. The molecule has 4 aromatic heterocycles. The largest absolute Gasteiger partial charge is 0.454 e. The SMILES string of the molecule is Cc1ccc2oc3ccn4c5ccc[n+](C)c5c1c2c34. The lowest BCUT2D eigenvalue weighted by Gasteiger charge is -2.07. The van der Waals surface area contributed by atoms with Crippen LogP contribution >= 0.6 is 0 Å². The Labute approximate surface area is 115 Å². The van der Waals surface area contributed by atoms with E-state index in [2.05, 4.69) is 65.7 Å². The summed E-state index contributed by atoms with van der Waals surface area (Å²) in [6, 6.07) is 10.5. The van der Waals surface area contributed by atoms with Crippen LogP contribution < -0.4 is 4.57 Å². The van der Waals surface area contributed by atoms with Crippen LogP contribution in [0.2, 0.25) is 0 Å². The third-order valence-electron chi connectivity index (χ3n) is 4.34. The van der Waals surface area contributed by atoms with Crippen LogP contribution in [0, 0.1) is 6.92 Å². The van der Waals surface area contributed by atoms with Crippen molar-refractivity contribution in [2.75, 3.05) is 0 Å². The molecule has 5 aromatic rings. The number of rotatable bonds is 0. The van der Waals surface area contributed by atoms with E-state index in [-0.39, 0.29) is 0 Å². The van der Waals surface area contributed by atoms with E-state index in [9.17, 15) is 0 Å². The molecule has 0 unspecified atom stereocenters. The number of aryl methyl sites for hydroxylation is 2. The monoisotopic (exact) mass is 261 g/mol. The highest BCUT2D eigenvalue weighted by atomic mass is 16.3. The number of aromatic nitrogens is 2. The summed E-state index contributed by atoms with van der Waals surface area (Å²) in [7, 11) is 2.10. The third-order valence-corrected chi connectivity index (χ3v) is 4.34. The van der Waals surface area contributed by atoms with E-state index in [1.165, 1.54) is 32.9 Å². The van der Waals surface area contributed by atoms with Gasteiger partial charge in [-0.05, 0) is 30.7 Å². The van der Waals surface area contributed by atoms with Crippen molar-refractivity contribution in [2.24, 2.45) is 7.05 Å². The van der Waals surface area contributed by atoms with Crippen molar-refractivity contribution in [1.82, 2.24) is 4.40 Å². The Morgan fingerprint density at radius 1 is 1.05 bits per heavy atom. The van der Waals surface area contributed by atoms with E-state index in [4.69, 9.17) is 4.42 Å². The van der Waals surface area contributed by atoms with Gasteiger partial charge < -0.3 is 8.82 Å². The van der Waals surface area contributed by atoms with Gasteiger partial charge in [0.05, 0.1) is 10.8 Å². The molecule has 0 N–H and O–H groups in total. The van der Waals surface area contributed by atoms with Crippen molar-refractivity contribution in [3.05, 3.63) is 48.3 Å². The molecule has 0 aliphatic carbocycles. The minimum Gasteiger partial charge on any atom is -0.454 e. The van der Waals surface area contributed by atoms with Crippen molar-refractivity contribution in [2.45, 2.75) is 6.92 Å². The molecule has 1 aromatic carbocycles. The molecule has 4 heterocycles. The molecule has 3 heteroatoms. The predicted octanol–water partition coefficient (Wildman–Crippen LogP) is 3.56. The molecule has 0 spiro atoms. The standard InChI is InChI=1S/C17H13N2O/c1-10-5-6-12-15-14(10)16-11(4-3-8-18(16)2)19-9-7-13(20-12)17(15)19/h3-9H,1-2H3/q+1. The van der Waals surface area contributed by atoms with E-state index < -0.39 is 0 Å². The minimum atomic E-state index is 0.962. The topological polar surface area (TPSA) is 21.4 Å². The van der Waals surface area contributed by atoms with Crippen molar-refractivity contribution in [3.63, 3.8) is 0 Å². The van der Waals surface area contributed by atoms with E-state index in [0.717, 1.165) is 11.2 Å². The van der Waals surface area contributed by atoms with Gasteiger partial charge in [0.15, 0.2) is 11.8 Å². The van der Waals surface area contributed by atoms with Crippen LogP contribution in [0.4, 0.5) is 0 Å². The van der Waals surface area contributed by atoms with Gasteiger partial charge in [-0.15, -0.1) is 0 Å². The number of hydrogen-bond acceptors (Lipinski definition) is 1. The Morgan fingerprint density at radius 3 is 2.85 bits per heavy atom. The Balaban J connectivity index is 2.35. The summed E-state index contributed by atoms with van der Waals surface area (Å²) >= 11 is 0. The van der Waals surface area contributed by atoms with Crippen LogP contribution in [0.3, 0.4) is 0 Å². The van der Waals surface area contributed by atoms with Gasteiger partial charge in [-0.1, -0.05) is 6.07 Å². The predicted molar refractivity (Wildman–Crippen MR) is 79.3 cm³/mol. The number of fused-ring (bicyclic) bond motifs is 3. The number of furan rings is 1. The molecule has 0 fully saturated rings. The summed E-state index contributed by atoms with van der Waals surface area (Å²) in [6.07, 6.45) is 4.20. The zero-order valence-electron chi connectivity index (χ0n) is 11.3. The summed E-state index contributed by atoms with van der Waals surface area (Å²) in [5.74, 6) is 0. The molecule has 96 valence electrons. The highest BCUT2D eigenvalue weighted by Crippen LogP contribution is 2.38. The molecule has 5 rings (SSSR count). The number of nitrogens with zero attached hydrogens (tertiary/aromatic N) is 2. The fourth-order valence-corrected chi connectivity index (χ4v) is 3.47. The maximum atomic E-state index is 5.99. The Hall–Kier alpha value is -2.55. The molecule has 20 heavy (non-hydrogen) atoms.